The molecule has 0 spiro atoms. The normalized spacial score (nSPS) is 12.2. The molecule has 1 unspecified atom stereocenters. The maximum Gasteiger partial charge on any atom is 0.213 e. The summed E-state index contributed by atoms with van der Waals surface area (Å²) >= 11 is 0. The third-order valence-corrected chi connectivity index (χ3v) is 2.16. The van der Waals surface area contributed by atoms with E-state index in [2.05, 4.69) is 24.1 Å². The smallest absolute Gasteiger partial charge is 0.213 e. The predicted molar refractivity (Wildman–Crippen MR) is 63.4 cm³/mol. The first-order valence-electron chi connectivity index (χ1n) is 5.61. The molecular formula is C12H20N2O. The lowest BCUT2D eigenvalue weighted by molar-refractivity contribution is 0.327. The number of rotatable bonds is 6. The van der Waals surface area contributed by atoms with Gasteiger partial charge in [0.2, 0.25) is 5.88 Å². The topological polar surface area (TPSA) is 34.1 Å². The molecule has 0 aliphatic carbocycles. The van der Waals surface area contributed by atoms with Crippen LogP contribution in [0.25, 0.3) is 0 Å². The van der Waals surface area contributed by atoms with E-state index in [1.54, 1.807) is 0 Å². The highest BCUT2D eigenvalue weighted by atomic mass is 16.5. The zero-order chi connectivity index (χ0) is 11.1. The quantitative estimate of drug-likeness (QED) is 0.780. The molecule has 1 rings (SSSR count). The minimum atomic E-state index is 0.495. The zero-order valence-corrected chi connectivity index (χ0v) is 9.79. The van der Waals surface area contributed by atoms with Gasteiger partial charge in [-0.15, -0.1) is 0 Å². The molecule has 1 N–H and O–H groups in total. The predicted octanol–water partition coefficient (Wildman–Crippen LogP) is 3.08. The van der Waals surface area contributed by atoms with E-state index in [1.165, 1.54) is 12.8 Å². The summed E-state index contributed by atoms with van der Waals surface area (Å²) in [5.41, 5.74) is 1.06. The molecule has 0 saturated carbocycles. The van der Waals surface area contributed by atoms with E-state index in [1.807, 2.05) is 25.3 Å². The van der Waals surface area contributed by atoms with Gasteiger partial charge in [-0.05, 0) is 26.3 Å². The molecule has 0 amide bonds. The number of aromatic nitrogens is 1. The number of hydrogen-bond donors (Lipinski definition) is 1. The highest BCUT2D eigenvalue weighted by Gasteiger charge is 2.01. The summed E-state index contributed by atoms with van der Waals surface area (Å²) in [6, 6.07) is 4.39. The van der Waals surface area contributed by atoms with Gasteiger partial charge in [0.15, 0.2) is 0 Å². The monoisotopic (exact) mass is 208 g/mol. The minimum Gasteiger partial charge on any atom is -0.478 e. The van der Waals surface area contributed by atoms with E-state index in [4.69, 9.17) is 4.74 Å². The Morgan fingerprint density at radius 1 is 1.40 bits per heavy atom. The Balaban J connectivity index is 2.48. The second kappa shape index (κ2) is 6.27. The van der Waals surface area contributed by atoms with E-state index < -0.39 is 0 Å². The standard InChI is InChI=1S/C12H20N2O/c1-4-6-10(3)14-11-7-8-12(13-9-11)15-5-2/h7-10,14H,4-6H2,1-3H3. The van der Waals surface area contributed by atoms with Crippen LogP contribution in [0.4, 0.5) is 5.69 Å². The van der Waals surface area contributed by atoms with Gasteiger partial charge >= 0.3 is 0 Å². The summed E-state index contributed by atoms with van der Waals surface area (Å²) in [4.78, 5) is 4.20. The molecule has 0 aromatic carbocycles. The van der Waals surface area contributed by atoms with Crippen LogP contribution in [0.3, 0.4) is 0 Å². The van der Waals surface area contributed by atoms with Crippen molar-refractivity contribution in [2.24, 2.45) is 0 Å². The highest BCUT2D eigenvalue weighted by Crippen LogP contribution is 2.13. The molecule has 1 aromatic rings. The van der Waals surface area contributed by atoms with Crippen molar-refractivity contribution < 1.29 is 4.74 Å². The van der Waals surface area contributed by atoms with Crippen molar-refractivity contribution in [2.45, 2.75) is 39.7 Å². The molecule has 3 nitrogen and oxygen atoms in total. The van der Waals surface area contributed by atoms with E-state index in [-0.39, 0.29) is 0 Å². The second-order valence-corrected chi connectivity index (χ2v) is 3.65. The van der Waals surface area contributed by atoms with Crippen LogP contribution < -0.4 is 10.1 Å². The van der Waals surface area contributed by atoms with Crippen molar-refractivity contribution in [1.29, 1.82) is 0 Å². The number of anilines is 1. The van der Waals surface area contributed by atoms with Crippen LogP contribution >= 0.6 is 0 Å². The number of nitrogens with one attached hydrogen (secondary N) is 1. The Bertz CT molecular complexity index is 271. The molecule has 0 saturated heterocycles. The maximum absolute atomic E-state index is 5.27. The summed E-state index contributed by atoms with van der Waals surface area (Å²) in [7, 11) is 0. The summed E-state index contributed by atoms with van der Waals surface area (Å²) in [6.45, 7) is 6.98. The molecular weight excluding hydrogens is 188 g/mol. The fourth-order valence-corrected chi connectivity index (χ4v) is 1.49. The minimum absolute atomic E-state index is 0.495. The van der Waals surface area contributed by atoms with Gasteiger partial charge in [0.05, 0.1) is 18.5 Å². The summed E-state index contributed by atoms with van der Waals surface area (Å²) in [5.74, 6) is 0.686. The lowest BCUT2D eigenvalue weighted by Crippen LogP contribution is -2.14. The van der Waals surface area contributed by atoms with Crippen LogP contribution in [-0.2, 0) is 0 Å². The molecule has 0 bridgehead atoms. The van der Waals surface area contributed by atoms with Gasteiger partial charge in [0.25, 0.3) is 0 Å². The lowest BCUT2D eigenvalue weighted by atomic mass is 10.2. The number of ether oxygens (including phenoxy) is 1. The first kappa shape index (κ1) is 11.8. The molecule has 1 aromatic heterocycles. The van der Waals surface area contributed by atoms with Gasteiger partial charge in [-0.25, -0.2) is 4.98 Å². The summed E-state index contributed by atoms with van der Waals surface area (Å²) in [5, 5.41) is 3.39. The van der Waals surface area contributed by atoms with Crippen LogP contribution in [-0.4, -0.2) is 17.6 Å². The average Bonchev–Trinajstić information content (AvgIpc) is 2.22. The van der Waals surface area contributed by atoms with Gasteiger partial charge in [-0.3, -0.25) is 0 Å². The third-order valence-electron chi connectivity index (χ3n) is 2.16. The largest absolute Gasteiger partial charge is 0.478 e. The number of hydrogen-bond acceptors (Lipinski definition) is 3. The van der Waals surface area contributed by atoms with E-state index in [9.17, 15) is 0 Å². The van der Waals surface area contributed by atoms with Gasteiger partial charge in [-0.1, -0.05) is 13.3 Å². The highest BCUT2D eigenvalue weighted by molar-refractivity contribution is 5.42. The van der Waals surface area contributed by atoms with Crippen LogP contribution in [0.15, 0.2) is 18.3 Å². The molecule has 3 heteroatoms. The molecule has 84 valence electrons. The Morgan fingerprint density at radius 3 is 2.73 bits per heavy atom. The van der Waals surface area contributed by atoms with Gasteiger partial charge in [0.1, 0.15) is 0 Å². The SMILES string of the molecule is CCCC(C)Nc1ccc(OCC)nc1. The fraction of sp³-hybridized carbons (Fsp3) is 0.583. The number of pyridine rings is 1. The molecule has 1 heterocycles. The van der Waals surface area contributed by atoms with Crippen LogP contribution in [0.1, 0.15) is 33.6 Å². The van der Waals surface area contributed by atoms with Crippen LogP contribution in [0.5, 0.6) is 5.88 Å². The van der Waals surface area contributed by atoms with Gasteiger partial charge < -0.3 is 10.1 Å². The lowest BCUT2D eigenvalue weighted by Gasteiger charge is -2.13. The third kappa shape index (κ3) is 4.19. The van der Waals surface area contributed by atoms with Crippen molar-refractivity contribution >= 4 is 5.69 Å². The fourth-order valence-electron chi connectivity index (χ4n) is 1.49. The summed E-state index contributed by atoms with van der Waals surface area (Å²) in [6.07, 6.45) is 4.18. The van der Waals surface area contributed by atoms with E-state index in [0.29, 0.717) is 18.5 Å². The Hall–Kier alpha value is -1.25. The molecule has 0 aliphatic heterocycles. The Morgan fingerprint density at radius 2 is 2.20 bits per heavy atom. The Labute approximate surface area is 91.9 Å². The van der Waals surface area contributed by atoms with Crippen molar-refractivity contribution in [3.63, 3.8) is 0 Å². The molecule has 15 heavy (non-hydrogen) atoms. The molecule has 0 fully saturated rings. The van der Waals surface area contributed by atoms with Crippen molar-refractivity contribution in [3.05, 3.63) is 18.3 Å². The first-order chi connectivity index (χ1) is 7.26. The van der Waals surface area contributed by atoms with Gasteiger partial charge in [-0.2, -0.15) is 0 Å². The van der Waals surface area contributed by atoms with E-state index >= 15 is 0 Å². The molecule has 0 aliphatic rings. The second-order valence-electron chi connectivity index (χ2n) is 3.65. The zero-order valence-electron chi connectivity index (χ0n) is 9.79. The Kier molecular flexibility index (Phi) is 4.95. The summed E-state index contributed by atoms with van der Waals surface area (Å²) < 4.78 is 5.27. The van der Waals surface area contributed by atoms with Crippen LogP contribution in [0, 0.1) is 0 Å². The maximum atomic E-state index is 5.27. The first-order valence-corrected chi connectivity index (χ1v) is 5.61. The number of nitrogens with zero attached hydrogens (tertiary/aromatic N) is 1. The van der Waals surface area contributed by atoms with Crippen LogP contribution in [0.2, 0.25) is 0 Å². The van der Waals surface area contributed by atoms with Crippen molar-refractivity contribution in [1.82, 2.24) is 4.98 Å². The van der Waals surface area contributed by atoms with E-state index in [0.717, 1.165) is 5.69 Å². The average molecular weight is 208 g/mol. The molecule has 0 radical (unpaired) electrons. The molecule has 1 atom stereocenters. The van der Waals surface area contributed by atoms with Crippen molar-refractivity contribution in [3.8, 4) is 5.88 Å². The van der Waals surface area contributed by atoms with Gasteiger partial charge in [0, 0.05) is 12.1 Å². The van der Waals surface area contributed by atoms with Crippen molar-refractivity contribution in [2.75, 3.05) is 11.9 Å².